The molecule has 0 bridgehead atoms. The number of carbonyl (C=O) groups excluding carboxylic acids is 1. The molecule has 26 heavy (non-hydrogen) atoms. The Bertz CT molecular complexity index is 661. The molecule has 0 radical (unpaired) electrons. The van der Waals surface area contributed by atoms with Gasteiger partial charge in [-0.2, -0.15) is 5.10 Å². The molecule has 0 N–H and O–H groups in total. The molecule has 1 aromatic heterocycles. The summed E-state index contributed by atoms with van der Waals surface area (Å²) in [6.07, 6.45) is 8.75. The van der Waals surface area contributed by atoms with Gasteiger partial charge in [-0.1, -0.05) is 0 Å². The molecule has 8 nitrogen and oxygen atoms in total. The van der Waals surface area contributed by atoms with Crippen LogP contribution in [0.1, 0.15) is 65.3 Å². The fourth-order valence-electron chi connectivity index (χ4n) is 4.09. The van der Waals surface area contributed by atoms with Crippen molar-refractivity contribution >= 4 is 11.8 Å². The van der Waals surface area contributed by atoms with E-state index in [4.69, 9.17) is 4.74 Å². The molecule has 2 heterocycles. The first-order valence-corrected chi connectivity index (χ1v) is 9.34. The summed E-state index contributed by atoms with van der Waals surface area (Å²) in [6, 6.07) is 0.234. The van der Waals surface area contributed by atoms with Crippen molar-refractivity contribution in [1.82, 2.24) is 14.7 Å². The molecule has 1 aliphatic carbocycles. The van der Waals surface area contributed by atoms with Crippen LogP contribution >= 0.6 is 0 Å². The third kappa shape index (κ3) is 4.16. The number of nitro groups is 1. The molecule has 1 aromatic rings. The van der Waals surface area contributed by atoms with Gasteiger partial charge in [0, 0.05) is 13.1 Å². The molecule has 1 amide bonds. The maximum atomic E-state index is 12.2. The van der Waals surface area contributed by atoms with Crippen LogP contribution in [0, 0.1) is 15.5 Å². The second-order valence-corrected chi connectivity index (χ2v) is 8.63. The lowest BCUT2D eigenvalue weighted by molar-refractivity contribution is -0.385. The van der Waals surface area contributed by atoms with Gasteiger partial charge >= 0.3 is 11.8 Å². The zero-order valence-corrected chi connectivity index (χ0v) is 15.8. The van der Waals surface area contributed by atoms with Crippen LogP contribution in [0.25, 0.3) is 0 Å². The van der Waals surface area contributed by atoms with Crippen molar-refractivity contribution in [2.45, 2.75) is 70.9 Å². The van der Waals surface area contributed by atoms with Gasteiger partial charge in [-0.05, 0) is 64.7 Å². The first kappa shape index (κ1) is 18.7. The van der Waals surface area contributed by atoms with Crippen LogP contribution < -0.4 is 0 Å². The molecule has 144 valence electrons. The van der Waals surface area contributed by atoms with Gasteiger partial charge in [0.05, 0.1) is 11.0 Å². The molecule has 0 unspecified atom stereocenters. The molecule has 1 saturated carbocycles. The highest BCUT2D eigenvalue weighted by Crippen LogP contribution is 2.47. The zero-order chi connectivity index (χ0) is 18.9. The summed E-state index contributed by atoms with van der Waals surface area (Å²) < 4.78 is 7.22. The van der Waals surface area contributed by atoms with Crippen molar-refractivity contribution in [1.29, 1.82) is 0 Å². The van der Waals surface area contributed by atoms with Crippen LogP contribution in [0.4, 0.5) is 10.5 Å². The van der Waals surface area contributed by atoms with E-state index >= 15 is 0 Å². The minimum atomic E-state index is -0.462. The van der Waals surface area contributed by atoms with Gasteiger partial charge in [-0.25, -0.2) is 4.79 Å². The zero-order valence-electron chi connectivity index (χ0n) is 15.8. The smallest absolute Gasteiger partial charge is 0.410 e. The summed E-state index contributed by atoms with van der Waals surface area (Å²) in [5.41, 5.74) is -0.124. The molecule has 1 spiro atoms. The van der Waals surface area contributed by atoms with Crippen molar-refractivity contribution in [2.75, 3.05) is 13.1 Å². The number of ether oxygens (including phenoxy) is 1. The number of amides is 1. The molecule has 0 aromatic carbocycles. The van der Waals surface area contributed by atoms with Crippen LogP contribution in [0.5, 0.6) is 0 Å². The van der Waals surface area contributed by atoms with Gasteiger partial charge < -0.3 is 9.64 Å². The Morgan fingerprint density at radius 3 is 2.38 bits per heavy atom. The molecule has 2 fully saturated rings. The van der Waals surface area contributed by atoms with E-state index in [1.165, 1.54) is 12.4 Å². The van der Waals surface area contributed by atoms with Gasteiger partial charge in [0.2, 0.25) is 0 Å². The van der Waals surface area contributed by atoms with Crippen LogP contribution in [0.2, 0.25) is 0 Å². The van der Waals surface area contributed by atoms with Gasteiger partial charge in [0.25, 0.3) is 0 Å². The monoisotopic (exact) mass is 364 g/mol. The van der Waals surface area contributed by atoms with Crippen molar-refractivity contribution in [2.24, 2.45) is 5.41 Å². The lowest BCUT2D eigenvalue weighted by Gasteiger charge is -2.45. The molecule has 1 aliphatic heterocycles. The average Bonchev–Trinajstić information content (AvgIpc) is 3.05. The Hall–Kier alpha value is -2.12. The van der Waals surface area contributed by atoms with Gasteiger partial charge in [0.1, 0.15) is 18.0 Å². The van der Waals surface area contributed by atoms with E-state index in [9.17, 15) is 14.9 Å². The van der Waals surface area contributed by atoms with Gasteiger partial charge in [0.15, 0.2) is 0 Å². The Balaban J connectivity index is 1.52. The summed E-state index contributed by atoms with van der Waals surface area (Å²) in [7, 11) is 0. The van der Waals surface area contributed by atoms with Crippen molar-refractivity contribution in [3.8, 4) is 0 Å². The number of carbonyl (C=O) groups is 1. The van der Waals surface area contributed by atoms with Crippen LogP contribution in [-0.4, -0.2) is 44.4 Å². The summed E-state index contributed by atoms with van der Waals surface area (Å²) >= 11 is 0. The lowest BCUT2D eigenvalue weighted by atomic mass is 9.67. The van der Waals surface area contributed by atoms with E-state index in [0.29, 0.717) is 0 Å². The first-order valence-electron chi connectivity index (χ1n) is 9.34. The highest BCUT2D eigenvalue weighted by molar-refractivity contribution is 5.68. The van der Waals surface area contributed by atoms with Gasteiger partial charge in [-0.15, -0.1) is 0 Å². The van der Waals surface area contributed by atoms with E-state index < -0.39 is 10.5 Å². The fourth-order valence-corrected chi connectivity index (χ4v) is 4.09. The van der Waals surface area contributed by atoms with Crippen LogP contribution in [0.15, 0.2) is 12.4 Å². The normalized spacial score (nSPS) is 21.0. The number of likely N-dealkylation sites (tertiary alicyclic amines) is 1. The molecule has 2 aliphatic rings. The summed E-state index contributed by atoms with van der Waals surface area (Å²) in [5, 5.41) is 15.0. The SMILES string of the molecule is CC(C)(C)OC(=O)N1CCC2(CCC(n3cc([N+](=O)[O-])cn3)CC2)CC1. The molecular formula is C18H28N4O4. The number of hydrogen-bond acceptors (Lipinski definition) is 5. The highest BCUT2D eigenvalue weighted by Gasteiger charge is 2.40. The second kappa shape index (κ2) is 6.89. The quantitative estimate of drug-likeness (QED) is 0.586. The topological polar surface area (TPSA) is 90.5 Å². The van der Waals surface area contributed by atoms with Crippen LogP contribution in [-0.2, 0) is 4.74 Å². The summed E-state index contributed by atoms with van der Waals surface area (Å²) in [4.78, 5) is 24.5. The third-order valence-corrected chi connectivity index (χ3v) is 5.66. The minimum Gasteiger partial charge on any atom is -0.444 e. The van der Waals surface area contributed by atoms with E-state index in [0.717, 1.165) is 51.6 Å². The lowest BCUT2D eigenvalue weighted by Crippen LogP contribution is -2.46. The van der Waals surface area contributed by atoms with Crippen LogP contribution in [0.3, 0.4) is 0 Å². The Morgan fingerprint density at radius 2 is 1.88 bits per heavy atom. The van der Waals surface area contributed by atoms with E-state index in [1.807, 2.05) is 25.7 Å². The fraction of sp³-hybridized carbons (Fsp3) is 0.778. The Labute approximate surface area is 153 Å². The van der Waals surface area contributed by atoms with E-state index in [-0.39, 0.29) is 23.2 Å². The number of rotatable bonds is 2. The van der Waals surface area contributed by atoms with Crippen molar-refractivity contribution < 1.29 is 14.5 Å². The molecule has 0 atom stereocenters. The molecule has 3 rings (SSSR count). The predicted octanol–water partition coefficient (Wildman–Crippen LogP) is 3.92. The predicted molar refractivity (Wildman–Crippen MR) is 95.9 cm³/mol. The number of aromatic nitrogens is 2. The first-order chi connectivity index (χ1) is 12.2. The van der Waals surface area contributed by atoms with Crippen molar-refractivity contribution in [3.05, 3.63) is 22.5 Å². The standard InChI is InChI=1S/C18H28N4O4/c1-17(2,3)26-16(23)20-10-8-18(9-11-20)6-4-14(5-7-18)21-13-15(12-19-21)22(24)25/h12-14H,4-11H2,1-3H3. The Kier molecular flexibility index (Phi) is 4.94. The number of hydrogen-bond donors (Lipinski definition) is 0. The van der Waals surface area contributed by atoms with E-state index in [1.54, 1.807) is 4.68 Å². The summed E-state index contributed by atoms with van der Waals surface area (Å²) in [5.74, 6) is 0. The third-order valence-electron chi connectivity index (χ3n) is 5.66. The number of piperidine rings is 1. The summed E-state index contributed by atoms with van der Waals surface area (Å²) in [6.45, 7) is 7.14. The maximum Gasteiger partial charge on any atom is 0.410 e. The molecule has 8 heteroatoms. The maximum absolute atomic E-state index is 12.2. The number of nitrogens with zero attached hydrogens (tertiary/aromatic N) is 4. The van der Waals surface area contributed by atoms with Crippen molar-refractivity contribution in [3.63, 3.8) is 0 Å². The largest absolute Gasteiger partial charge is 0.444 e. The minimum absolute atomic E-state index is 0.0518. The molecule has 1 saturated heterocycles. The highest BCUT2D eigenvalue weighted by atomic mass is 16.6. The molecular weight excluding hydrogens is 336 g/mol. The van der Waals surface area contributed by atoms with Gasteiger partial charge in [-0.3, -0.25) is 14.8 Å². The van der Waals surface area contributed by atoms with E-state index in [2.05, 4.69) is 5.10 Å². The second-order valence-electron chi connectivity index (χ2n) is 8.63. The average molecular weight is 364 g/mol. The Morgan fingerprint density at radius 1 is 1.27 bits per heavy atom.